The Morgan fingerprint density at radius 2 is 1.84 bits per heavy atom. The van der Waals surface area contributed by atoms with Crippen molar-refractivity contribution in [2.45, 2.75) is 31.0 Å². The Labute approximate surface area is 113 Å². The van der Waals surface area contributed by atoms with Crippen molar-refractivity contribution in [3.63, 3.8) is 0 Å². The van der Waals surface area contributed by atoms with Crippen LogP contribution < -0.4 is 0 Å². The number of benzene rings is 1. The van der Waals surface area contributed by atoms with Gasteiger partial charge in [0.15, 0.2) is 0 Å². The Hall–Kier alpha value is -1.42. The van der Waals surface area contributed by atoms with Crippen molar-refractivity contribution in [3.8, 4) is 6.07 Å². The van der Waals surface area contributed by atoms with Crippen LogP contribution in [-0.4, -0.2) is 38.0 Å². The van der Waals surface area contributed by atoms with E-state index in [4.69, 9.17) is 10.00 Å². The van der Waals surface area contributed by atoms with Crippen LogP contribution in [0.5, 0.6) is 0 Å². The molecule has 0 saturated carbocycles. The van der Waals surface area contributed by atoms with Crippen molar-refractivity contribution in [2.24, 2.45) is 0 Å². The lowest BCUT2D eigenvalue weighted by molar-refractivity contribution is -0.0440. The number of hydrogen-bond acceptors (Lipinski definition) is 4. The summed E-state index contributed by atoms with van der Waals surface area (Å²) in [6.45, 7) is 4.31. The van der Waals surface area contributed by atoms with Crippen LogP contribution in [0.3, 0.4) is 0 Å². The lowest BCUT2D eigenvalue weighted by Crippen LogP contribution is -2.48. The van der Waals surface area contributed by atoms with Crippen molar-refractivity contribution in [1.29, 1.82) is 5.26 Å². The van der Waals surface area contributed by atoms with Gasteiger partial charge in [-0.15, -0.1) is 0 Å². The first-order valence-electron chi connectivity index (χ1n) is 6.10. The molecule has 6 heteroatoms. The van der Waals surface area contributed by atoms with Gasteiger partial charge in [0, 0.05) is 13.1 Å². The Kier molecular flexibility index (Phi) is 3.90. The first kappa shape index (κ1) is 14.0. The van der Waals surface area contributed by atoms with Gasteiger partial charge in [-0.3, -0.25) is 0 Å². The second-order valence-electron chi connectivity index (χ2n) is 4.69. The molecule has 19 heavy (non-hydrogen) atoms. The zero-order chi connectivity index (χ0) is 14.0. The van der Waals surface area contributed by atoms with Crippen molar-refractivity contribution in [2.75, 3.05) is 13.1 Å². The van der Waals surface area contributed by atoms with Crippen LogP contribution in [0.15, 0.2) is 29.2 Å². The zero-order valence-corrected chi connectivity index (χ0v) is 11.7. The van der Waals surface area contributed by atoms with Gasteiger partial charge in [-0.05, 0) is 26.0 Å². The summed E-state index contributed by atoms with van der Waals surface area (Å²) in [5.74, 6) is 0. The zero-order valence-electron chi connectivity index (χ0n) is 10.9. The van der Waals surface area contributed by atoms with Gasteiger partial charge in [-0.1, -0.05) is 12.1 Å². The molecular formula is C13H16N2O3S. The number of sulfonamides is 1. The molecule has 1 aliphatic heterocycles. The summed E-state index contributed by atoms with van der Waals surface area (Å²) in [5.41, 5.74) is 0.175. The van der Waals surface area contributed by atoms with Crippen molar-refractivity contribution in [1.82, 2.24) is 4.31 Å². The molecule has 0 amide bonds. The lowest BCUT2D eigenvalue weighted by Gasteiger charge is -2.34. The van der Waals surface area contributed by atoms with Crippen molar-refractivity contribution >= 4 is 10.0 Å². The van der Waals surface area contributed by atoms with Crippen LogP contribution in [0.2, 0.25) is 0 Å². The molecule has 2 unspecified atom stereocenters. The third kappa shape index (κ3) is 2.78. The second kappa shape index (κ2) is 5.29. The summed E-state index contributed by atoms with van der Waals surface area (Å²) in [6.07, 6.45) is -0.291. The average molecular weight is 280 g/mol. The quantitative estimate of drug-likeness (QED) is 0.820. The van der Waals surface area contributed by atoms with Crippen LogP contribution in [0.4, 0.5) is 0 Å². The minimum absolute atomic E-state index is 0.0683. The molecule has 1 aliphatic rings. The van der Waals surface area contributed by atoms with Gasteiger partial charge in [-0.25, -0.2) is 8.42 Å². The summed E-state index contributed by atoms with van der Waals surface area (Å²) in [4.78, 5) is 0.0683. The van der Waals surface area contributed by atoms with E-state index in [-0.39, 0.29) is 22.7 Å². The van der Waals surface area contributed by atoms with Crippen LogP contribution in [-0.2, 0) is 14.8 Å². The molecule has 1 aromatic rings. The maximum absolute atomic E-state index is 12.6. The number of nitrogens with zero attached hydrogens (tertiary/aromatic N) is 2. The van der Waals surface area contributed by atoms with Crippen LogP contribution in [0, 0.1) is 11.3 Å². The van der Waals surface area contributed by atoms with E-state index in [1.807, 2.05) is 19.9 Å². The van der Waals surface area contributed by atoms with E-state index in [0.717, 1.165) is 0 Å². The highest BCUT2D eigenvalue weighted by atomic mass is 32.2. The van der Waals surface area contributed by atoms with E-state index >= 15 is 0 Å². The summed E-state index contributed by atoms with van der Waals surface area (Å²) in [5, 5.41) is 9.03. The highest BCUT2D eigenvalue weighted by Gasteiger charge is 2.33. The van der Waals surface area contributed by atoms with Gasteiger partial charge in [0.05, 0.1) is 22.7 Å². The molecule has 2 atom stereocenters. The minimum atomic E-state index is -3.64. The Balaban J connectivity index is 2.40. The monoisotopic (exact) mass is 280 g/mol. The molecule has 1 saturated heterocycles. The number of morpholine rings is 1. The SMILES string of the molecule is CC1CN(S(=O)(=O)c2ccccc2C#N)CC(C)O1. The Morgan fingerprint density at radius 1 is 1.26 bits per heavy atom. The molecular weight excluding hydrogens is 264 g/mol. The fourth-order valence-electron chi connectivity index (χ4n) is 2.25. The molecule has 1 fully saturated rings. The first-order valence-corrected chi connectivity index (χ1v) is 7.54. The molecule has 102 valence electrons. The van der Waals surface area contributed by atoms with Gasteiger partial charge in [0.1, 0.15) is 6.07 Å². The highest BCUT2D eigenvalue weighted by molar-refractivity contribution is 7.89. The fourth-order valence-corrected chi connectivity index (χ4v) is 3.98. The van der Waals surface area contributed by atoms with Crippen LogP contribution in [0.1, 0.15) is 19.4 Å². The maximum Gasteiger partial charge on any atom is 0.244 e. The molecule has 2 rings (SSSR count). The molecule has 1 heterocycles. The molecule has 1 aromatic carbocycles. The summed E-state index contributed by atoms with van der Waals surface area (Å²) in [7, 11) is -3.64. The van der Waals surface area contributed by atoms with Gasteiger partial charge in [0.25, 0.3) is 0 Å². The molecule has 0 aliphatic carbocycles. The van der Waals surface area contributed by atoms with E-state index < -0.39 is 10.0 Å². The van der Waals surface area contributed by atoms with Crippen molar-refractivity contribution < 1.29 is 13.2 Å². The highest BCUT2D eigenvalue weighted by Crippen LogP contribution is 2.23. The molecule has 0 aromatic heterocycles. The topological polar surface area (TPSA) is 70.4 Å². The standard InChI is InChI=1S/C13H16N2O3S/c1-10-8-15(9-11(2)18-10)19(16,17)13-6-4-3-5-12(13)7-14/h3-6,10-11H,8-9H2,1-2H3. The summed E-state index contributed by atoms with van der Waals surface area (Å²) < 4.78 is 32.1. The molecule has 5 nitrogen and oxygen atoms in total. The maximum atomic E-state index is 12.6. The van der Waals surface area contributed by atoms with Gasteiger partial charge in [-0.2, -0.15) is 9.57 Å². The number of hydrogen-bond donors (Lipinski definition) is 0. The molecule has 0 bridgehead atoms. The predicted molar refractivity (Wildman–Crippen MR) is 69.9 cm³/mol. The first-order chi connectivity index (χ1) is 8.95. The Morgan fingerprint density at radius 3 is 2.42 bits per heavy atom. The molecule has 0 spiro atoms. The van der Waals surface area contributed by atoms with Gasteiger partial charge >= 0.3 is 0 Å². The van der Waals surface area contributed by atoms with E-state index in [0.29, 0.717) is 13.1 Å². The Bertz CT molecular complexity index is 597. The fraction of sp³-hybridized carbons (Fsp3) is 0.462. The van der Waals surface area contributed by atoms with Crippen molar-refractivity contribution in [3.05, 3.63) is 29.8 Å². The number of ether oxygens (including phenoxy) is 1. The number of rotatable bonds is 2. The smallest absolute Gasteiger partial charge is 0.244 e. The average Bonchev–Trinajstić information content (AvgIpc) is 2.37. The number of nitriles is 1. The lowest BCUT2D eigenvalue weighted by atomic mass is 10.2. The molecule has 0 N–H and O–H groups in total. The van der Waals surface area contributed by atoms with E-state index in [2.05, 4.69) is 0 Å². The third-order valence-electron chi connectivity index (χ3n) is 3.01. The third-order valence-corrected chi connectivity index (χ3v) is 4.90. The largest absolute Gasteiger partial charge is 0.373 e. The normalized spacial score (nSPS) is 24.9. The van der Waals surface area contributed by atoms with E-state index in [1.165, 1.54) is 16.4 Å². The molecule has 0 radical (unpaired) electrons. The summed E-state index contributed by atoms with van der Waals surface area (Å²) >= 11 is 0. The summed E-state index contributed by atoms with van der Waals surface area (Å²) in [6, 6.07) is 8.19. The van der Waals surface area contributed by atoms with Crippen LogP contribution >= 0.6 is 0 Å². The minimum Gasteiger partial charge on any atom is -0.373 e. The second-order valence-corrected chi connectivity index (χ2v) is 6.59. The predicted octanol–water partition coefficient (Wildman–Crippen LogP) is 1.36. The van der Waals surface area contributed by atoms with E-state index in [9.17, 15) is 8.42 Å². The van der Waals surface area contributed by atoms with E-state index in [1.54, 1.807) is 12.1 Å². The van der Waals surface area contributed by atoms with Gasteiger partial charge < -0.3 is 4.74 Å². The van der Waals surface area contributed by atoms with Crippen LogP contribution in [0.25, 0.3) is 0 Å². The van der Waals surface area contributed by atoms with Gasteiger partial charge in [0.2, 0.25) is 10.0 Å².